The fourth-order valence-corrected chi connectivity index (χ4v) is 2.50. The molecule has 0 radical (unpaired) electrons. The number of hydrogen-bond donors (Lipinski definition) is 0. The molecule has 108 valence electrons. The Kier molecular flexibility index (Phi) is 4.16. The van der Waals surface area contributed by atoms with Gasteiger partial charge in [0.15, 0.2) is 5.60 Å². The van der Waals surface area contributed by atoms with Crippen LogP contribution in [0.2, 0.25) is 0 Å². The SMILES string of the molecule is CC1=C(C)N(CCN2CCOCC2)C(=O)C(C)(C)O1. The molecule has 5 nitrogen and oxygen atoms in total. The largest absolute Gasteiger partial charge is 0.481 e. The topological polar surface area (TPSA) is 42.0 Å². The van der Waals surface area contributed by atoms with Gasteiger partial charge in [-0.15, -0.1) is 0 Å². The number of morpholine rings is 1. The first-order valence-corrected chi connectivity index (χ1v) is 6.90. The first-order chi connectivity index (χ1) is 8.92. The Labute approximate surface area is 115 Å². The lowest BCUT2D eigenvalue weighted by atomic mass is 10.0. The van der Waals surface area contributed by atoms with E-state index in [2.05, 4.69) is 4.90 Å². The van der Waals surface area contributed by atoms with E-state index in [9.17, 15) is 4.79 Å². The summed E-state index contributed by atoms with van der Waals surface area (Å²) < 4.78 is 11.0. The van der Waals surface area contributed by atoms with Gasteiger partial charge in [0.2, 0.25) is 0 Å². The van der Waals surface area contributed by atoms with Gasteiger partial charge < -0.3 is 14.4 Å². The smallest absolute Gasteiger partial charge is 0.270 e. The lowest BCUT2D eigenvalue weighted by Crippen LogP contribution is -2.52. The van der Waals surface area contributed by atoms with Crippen LogP contribution in [-0.2, 0) is 14.3 Å². The zero-order valence-electron chi connectivity index (χ0n) is 12.4. The van der Waals surface area contributed by atoms with Gasteiger partial charge in [0, 0.05) is 26.2 Å². The van der Waals surface area contributed by atoms with Crippen LogP contribution in [0.15, 0.2) is 11.5 Å². The van der Waals surface area contributed by atoms with Gasteiger partial charge in [-0.3, -0.25) is 9.69 Å². The van der Waals surface area contributed by atoms with E-state index in [0.29, 0.717) is 0 Å². The van der Waals surface area contributed by atoms with Gasteiger partial charge in [-0.25, -0.2) is 0 Å². The molecule has 0 bridgehead atoms. The molecule has 0 aromatic carbocycles. The molecule has 0 aromatic rings. The molecule has 1 saturated heterocycles. The van der Waals surface area contributed by atoms with Gasteiger partial charge in [0.1, 0.15) is 5.76 Å². The highest BCUT2D eigenvalue weighted by Crippen LogP contribution is 2.28. The van der Waals surface area contributed by atoms with Crippen molar-refractivity contribution in [2.75, 3.05) is 39.4 Å². The third-order valence-electron chi connectivity index (χ3n) is 3.83. The quantitative estimate of drug-likeness (QED) is 0.771. The molecule has 0 atom stereocenters. The number of hydrogen-bond acceptors (Lipinski definition) is 4. The molecule has 0 aromatic heterocycles. The number of ether oxygens (including phenoxy) is 2. The van der Waals surface area contributed by atoms with E-state index in [4.69, 9.17) is 9.47 Å². The van der Waals surface area contributed by atoms with E-state index in [1.807, 2.05) is 32.6 Å². The van der Waals surface area contributed by atoms with Gasteiger partial charge in [-0.2, -0.15) is 0 Å². The highest BCUT2D eigenvalue weighted by atomic mass is 16.5. The van der Waals surface area contributed by atoms with E-state index in [-0.39, 0.29) is 5.91 Å². The van der Waals surface area contributed by atoms with Crippen molar-refractivity contribution in [2.45, 2.75) is 33.3 Å². The van der Waals surface area contributed by atoms with Crippen LogP contribution in [0.25, 0.3) is 0 Å². The zero-order chi connectivity index (χ0) is 14.0. The first-order valence-electron chi connectivity index (χ1n) is 6.90. The summed E-state index contributed by atoms with van der Waals surface area (Å²) in [6.45, 7) is 12.6. The van der Waals surface area contributed by atoms with Crippen LogP contribution in [0.1, 0.15) is 27.7 Å². The highest BCUT2D eigenvalue weighted by molar-refractivity contribution is 5.87. The minimum absolute atomic E-state index is 0.0452. The molecular formula is C14H24N2O3. The number of amides is 1. The second-order valence-corrected chi connectivity index (χ2v) is 5.66. The van der Waals surface area contributed by atoms with Crippen LogP contribution >= 0.6 is 0 Å². The molecule has 1 fully saturated rings. The van der Waals surface area contributed by atoms with Crippen molar-refractivity contribution < 1.29 is 14.3 Å². The summed E-state index contributed by atoms with van der Waals surface area (Å²) in [5.74, 6) is 0.885. The predicted molar refractivity (Wildman–Crippen MR) is 72.5 cm³/mol. The Bertz CT molecular complexity index is 384. The minimum Gasteiger partial charge on any atom is -0.481 e. The fraction of sp³-hybridized carbons (Fsp3) is 0.786. The molecule has 2 heterocycles. The number of carbonyl (C=O) groups is 1. The van der Waals surface area contributed by atoms with Gasteiger partial charge in [0.25, 0.3) is 5.91 Å². The van der Waals surface area contributed by atoms with Gasteiger partial charge in [-0.05, 0) is 27.7 Å². The Balaban J connectivity index is 2.00. The van der Waals surface area contributed by atoms with Crippen molar-refractivity contribution in [3.8, 4) is 0 Å². The molecular weight excluding hydrogens is 244 g/mol. The third kappa shape index (κ3) is 3.09. The average molecular weight is 268 g/mol. The van der Waals surface area contributed by atoms with E-state index in [0.717, 1.165) is 50.8 Å². The van der Waals surface area contributed by atoms with Crippen molar-refractivity contribution in [3.05, 3.63) is 11.5 Å². The summed E-state index contributed by atoms with van der Waals surface area (Å²) in [6.07, 6.45) is 0. The molecule has 2 aliphatic heterocycles. The average Bonchev–Trinajstić information content (AvgIpc) is 2.37. The summed E-state index contributed by atoms with van der Waals surface area (Å²) in [7, 11) is 0. The monoisotopic (exact) mass is 268 g/mol. The first kappa shape index (κ1) is 14.3. The van der Waals surface area contributed by atoms with E-state index in [1.165, 1.54) is 0 Å². The Hall–Kier alpha value is -1.07. The predicted octanol–water partition coefficient (Wildman–Crippen LogP) is 1.21. The zero-order valence-corrected chi connectivity index (χ0v) is 12.4. The maximum absolute atomic E-state index is 12.4. The van der Waals surface area contributed by atoms with E-state index < -0.39 is 5.60 Å². The molecule has 0 spiro atoms. The summed E-state index contributed by atoms with van der Waals surface area (Å²) in [4.78, 5) is 16.6. The molecule has 0 unspecified atom stereocenters. The maximum atomic E-state index is 12.4. The lowest BCUT2D eigenvalue weighted by Gasteiger charge is -2.39. The van der Waals surface area contributed by atoms with Crippen molar-refractivity contribution in [1.82, 2.24) is 9.80 Å². The number of rotatable bonds is 3. The Morgan fingerprint density at radius 3 is 2.42 bits per heavy atom. The molecule has 2 rings (SSSR count). The second kappa shape index (κ2) is 5.51. The van der Waals surface area contributed by atoms with Crippen molar-refractivity contribution in [3.63, 3.8) is 0 Å². The van der Waals surface area contributed by atoms with Crippen LogP contribution in [0.4, 0.5) is 0 Å². The minimum atomic E-state index is -0.755. The number of nitrogens with zero attached hydrogens (tertiary/aromatic N) is 2. The third-order valence-corrected chi connectivity index (χ3v) is 3.83. The van der Waals surface area contributed by atoms with E-state index in [1.54, 1.807) is 0 Å². The molecule has 1 amide bonds. The van der Waals surface area contributed by atoms with Crippen LogP contribution in [-0.4, -0.2) is 60.7 Å². The molecule has 0 saturated carbocycles. The van der Waals surface area contributed by atoms with Gasteiger partial charge in [0.05, 0.1) is 18.9 Å². The van der Waals surface area contributed by atoms with Crippen LogP contribution in [0.3, 0.4) is 0 Å². The van der Waals surface area contributed by atoms with Crippen LogP contribution < -0.4 is 0 Å². The molecule has 5 heteroatoms. The molecule has 19 heavy (non-hydrogen) atoms. The second-order valence-electron chi connectivity index (χ2n) is 5.66. The number of carbonyl (C=O) groups excluding carboxylic acids is 1. The summed E-state index contributed by atoms with van der Waals surface area (Å²) in [5.41, 5.74) is 0.173. The Morgan fingerprint density at radius 2 is 1.79 bits per heavy atom. The van der Waals surface area contributed by atoms with Crippen LogP contribution in [0.5, 0.6) is 0 Å². The normalized spacial score (nSPS) is 24.6. The fourth-order valence-electron chi connectivity index (χ4n) is 2.50. The molecule has 2 aliphatic rings. The highest BCUT2D eigenvalue weighted by Gasteiger charge is 2.39. The summed E-state index contributed by atoms with van der Waals surface area (Å²) in [5, 5.41) is 0. The number of allylic oxidation sites excluding steroid dienone is 2. The summed E-state index contributed by atoms with van der Waals surface area (Å²) in [6, 6.07) is 0. The van der Waals surface area contributed by atoms with E-state index >= 15 is 0 Å². The van der Waals surface area contributed by atoms with Gasteiger partial charge in [-0.1, -0.05) is 0 Å². The standard InChI is InChI=1S/C14H24N2O3/c1-11-12(2)19-14(3,4)13(17)16(11)6-5-15-7-9-18-10-8-15/h5-10H2,1-4H3. The maximum Gasteiger partial charge on any atom is 0.270 e. The lowest BCUT2D eigenvalue weighted by molar-refractivity contribution is -0.152. The summed E-state index contributed by atoms with van der Waals surface area (Å²) >= 11 is 0. The van der Waals surface area contributed by atoms with Crippen molar-refractivity contribution in [2.24, 2.45) is 0 Å². The molecule has 0 aliphatic carbocycles. The molecule has 0 N–H and O–H groups in total. The van der Waals surface area contributed by atoms with Gasteiger partial charge >= 0.3 is 0 Å². The Morgan fingerprint density at radius 1 is 1.16 bits per heavy atom. The van der Waals surface area contributed by atoms with Crippen LogP contribution in [0, 0.1) is 0 Å². The van der Waals surface area contributed by atoms with Crippen molar-refractivity contribution in [1.29, 1.82) is 0 Å². The van der Waals surface area contributed by atoms with Crippen molar-refractivity contribution >= 4 is 5.91 Å².